The quantitative estimate of drug-likeness (QED) is 0.623. The van der Waals surface area contributed by atoms with E-state index in [1.165, 1.54) is 51.4 Å². The van der Waals surface area contributed by atoms with Crippen LogP contribution in [0, 0.1) is 5.41 Å². The van der Waals surface area contributed by atoms with Crippen molar-refractivity contribution in [1.82, 2.24) is 0 Å². The van der Waals surface area contributed by atoms with Gasteiger partial charge in [0.1, 0.15) is 0 Å². The SMILES string of the molecule is Cl.NC1CCCCC12CCCC2. The lowest BCUT2D eigenvalue weighted by molar-refractivity contribution is 0.160. The molecule has 0 radical (unpaired) electrons. The van der Waals surface area contributed by atoms with Gasteiger partial charge in [-0.2, -0.15) is 0 Å². The first-order valence-corrected chi connectivity index (χ1v) is 5.09. The van der Waals surface area contributed by atoms with Crippen LogP contribution in [0.5, 0.6) is 0 Å². The number of hydrogen-bond acceptors (Lipinski definition) is 1. The maximum Gasteiger partial charge on any atom is 0.00955 e. The predicted molar refractivity (Wildman–Crippen MR) is 54.6 cm³/mol. The molecule has 0 saturated heterocycles. The van der Waals surface area contributed by atoms with Crippen LogP contribution in [0.2, 0.25) is 0 Å². The smallest absolute Gasteiger partial charge is 0.00955 e. The summed E-state index contributed by atoms with van der Waals surface area (Å²) in [6.07, 6.45) is 11.3. The van der Waals surface area contributed by atoms with E-state index < -0.39 is 0 Å². The normalized spacial score (nSPS) is 33.2. The number of rotatable bonds is 0. The summed E-state index contributed by atoms with van der Waals surface area (Å²) in [5, 5.41) is 0. The molecule has 1 nitrogen and oxygen atoms in total. The minimum Gasteiger partial charge on any atom is -0.327 e. The Labute approximate surface area is 81.5 Å². The summed E-state index contributed by atoms with van der Waals surface area (Å²) in [6, 6.07) is 0.541. The van der Waals surface area contributed by atoms with Gasteiger partial charge in [-0.1, -0.05) is 25.7 Å². The second kappa shape index (κ2) is 3.97. The first-order valence-electron chi connectivity index (χ1n) is 5.09. The van der Waals surface area contributed by atoms with Gasteiger partial charge in [0.05, 0.1) is 0 Å². The van der Waals surface area contributed by atoms with Crippen molar-refractivity contribution in [2.75, 3.05) is 0 Å². The topological polar surface area (TPSA) is 26.0 Å². The molecule has 2 rings (SSSR count). The molecule has 2 heteroatoms. The van der Waals surface area contributed by atoms with Gasteiger partial charge < -0.3 is 5.73 Å². The van der Waals surface area contributed by atoms with Gasteiger partial charge in [-0.25, -0.2) is 0 Å². The molecule has 1 atom stereocenters. The minimum atomic E-state index is 0. The molecule has 0 aromatic carbocycles. The van der Waals surface area contributed by atoms with Crippen LogP contribution in [0.4, 0.5) is 0 Å². The van der Waals surface area contributed by atoms with Crippen molar-refractivity contribution >= 4 is 12.4 Å². The molecule has 0 bridgehead atoms. The second-order valence-electron chi connectivity index (χ2n) is 4.42. The average molecular weight is 190 g/mol. The Morgan fingerprint density at radius 2 is 1.42 bits per heavy atom. The summed E-state index contributed by atoms with van der Waals surface area (Å²) < 4.78 is 0. The molecule has 72 valence electrons. The monoisotopic (exact) mass is 189 g/mol. The van der Waals surface area contributed by atoms with E-state index in [-0.39, 0.29) is 12.4 Å². The summed E-state index contributed by atoms with van der Waals surface area (Å²) in [6.45, 7) is 0. The van der Waals surface area contributed by atoms with Gasteiger partial charge in [-0.3, -0.25) is 0 Å². The standard InChI is InChI=1S/C10H19N.ClH/c11-9-5-1-2-6-10(9)7-3-4-8-10;/h9H,1-8,11H2;1H. The van der Waals surface area contributed by atoms with Crippen LogP contribution in [0.25, 0.3) is 0 Å². The maximum atomic E-state index is 6.18. The summed E-state index contributed by atoms with van der Waals surface area (Å²) in [4.78, 5) is 0. The fourth-order valence-electron chi connectivity index (χ4n) is 3.03. The Balaban J connectivity index is 0.000000720. The van der Waals surface area contributed by atoms with E-state index in [1.54, 1.807) is 0 Å². The van der Waals surface area contributed by atoms with Crippen LogP contribution in [0.15, 0.2) is 0 Å². The van der Waals surface area contributed by atoms with Crippen molar-refractivity contribution in [3.63, 3.8) is 0 Å². The number of hydrogen-bond donors (Lipinski definition) is 1. The third kappa shape index (κ3) is 1.62. The first-order chi connectivity index (χ1) is 5.33. The van der Waals surface area contributed by atoms with E-state index in [2.05, 4.69) is 0 Å². The Morgan fingerprint density at radius 3 is 2.00 bits per heavy atom. The zero-order valence-corrected chi connectivity index (χ0v) is 8.54. The summed E-state index contributed by atoms with van der Waals surface area (Å²) in [5.74, 6) is 0. The van der Waals surface area contributed by atoms with Crippen molar-refractivity contribution in [1.29, 1.82) is 0 Å². The van der Waals surface area contributed by atoms with Crippen molar-refractivity contribution in [3.8, 4) is 0 Å². The van der Waals surface area contributed by atoms with Crippen molar-refractivity contribution in [2.24, 2.45) is 11.1 Å². The summed E-state index contributed by atoms with van der Waals surface area (Å²) >= 11 is 0. The highest BCUT2D eigenvalue weighted by Crippen LogP contribution is 2.48. The molecule has 2 aliphatic carbocycles. The van der Waals surface area contributed by atoms with Crippen LogP contribution in [0.1, 0.15) is 51.4 Å². The van der Waals surface area contributed by atoms with Gasteiger partial charge in [0, 0.05) is 6.04 Å². The Kier molecular flexibility index (Phi) is 3.42. The molecule has 2 aliphatic rings. The van der Waals surface area contributed by atoms with Crippen LogP contribution in [-0.2, 0) is 0 Å². The van der Waals surface area contributed by atoms with Crippen LogP contribution >= 0.6 is 12.4 Å². The molecule has 0 aromatic heterocycles. The van der Waals surface area contributed by atoms with Crippen LogP contribution in [0.3, 0.4) is 0 Å². The molecule has 0 aromatic rings. The van der Waals surface area contributed by atoms with Gasteiger partial charge in [0.25, 0.3) is 0 Å². The molecule has 0 heterocycles. The lowest BCUT2D eigenvalue weighted by atomic mass is 9.69. The lowest BCUT2D eigenvalue weighted by Crippen LogP contribution is -2.42. The third-order valence-corrected chi connectivity index (χ3v) is 3.83. The fourth-order valence-corrected chi connectivity index (χ4v) is 3.03. The highest BCUT2D eigenvalue weighted by Gasteiger charge is 2.40. The first kappa shape index (κ1) is 10.3. The molecule has 1 spiro atoms. The molecule has 12 heavy (non-hydrogen) atoms. The van der Waals surface area contributed by atoms with Crippen LogP contribution < -0.4 is 5.73 Å². The Morgan fingerprint density at radius 1 is 0.917 bits per heavy atom. The zero-order chi connectivity index (χ0) is 7.73. The molecule has 2 saturated carbocycles. The maximum absolute atomic E-state index is 6.18. The van der Waals surface area contributed by atoms with Crippen molar-refractivity contribution in [2.45, 2.75) is 57.4 Å². The molecule has 0 amide bonds. The molecule has 0 aliphatic heterocycles. The van der Waals surface area contributed by atoms with E-state index in [0.717, 1.165) is 0 Å². The van der Waals surface area contributed by atoms with E-state index >= 15 is 0 Å². The minimum absolute atomic E-state index is 0. The van der Waals surface area contributed by atoms with Gasteiger partial charge in [-0.15, -0.1) is 12.4 Å². The largest absolute Gasteiger partial charge is 0.327 e. The number of nitrogens with two attached hydrogens (primary N) is 1. The van der Waals surface area contributed by atoms with E-state index in [1.807, 2.05) is 0 Å². The van der Waals surface area contributed by atoms with E-state index in [4.69, 9.17) is 5.73 Å². The van der Waals surface area contributed by atoms with Crippen LogP contribution in [-0.4, -0.2) is 6.04 Å². The van der Waals surface area contributed by atoms with Gasteiger partial charge in [0.2, 0.25) is 0 Å². The van der Waals surface area contributed by atoms with E-state index in [9.17, 15) is 0 Å². The zero-order valence-electron chi connectivity index (χ0n) is 7.72. The third-order valence-electron chi connectivity index (χ3n) is 3.83. The summed E-state index contributed by atoms with van der Waals surface area (Å²) in [5.41, 5.74) is 6.78. The van der Waals surface area contributed by atoms with Crippen molar-refractivity contribution < 1.29 is 0 Å². The van der Waals surface area contributed by atoms with Gasteiger partial charge >= 0.3 is 0 Å². The molecular weight excluding hydrogens is 170 g/mol. The average Bonchev–Trinajstić information content (AvgIpc) is 2.46. The molecule has 1 unspecified atom stereocenters. The Hall–Kier alpha value is 0.250. The molecule has 2 fully saturated rings. The number of halogens is 1. The molecular formula is C10H20ClN. The lowest BCUT2D eigenvalue weighted by Gasteiger charge is -2.39. The summed E-state index contributed by atoms with van der Waals surface area (Å²) in [7, 11) is 0. The van der Waals surface area contributed by atoms with Crippen molar-refractivity contribution in [3.05, 3.63) is 0 Å². The van der Waals surface area contributed by atoms with Gasteiger partial charge in [0.15, 0.2) is 0 Å². The highest BCUT2D eigenvalue weighted by molar-refractivity contribution is 5.85. The van der Waals surface area contributed by atoms with Gasteiger partial charge in [-0.05, 0) is 31.1 Å². The second-order valence-corrected chi connectivity index (χ2v) is 4.42. The highest BCUT2D eigenvalue weighted by atomic mass is 35.5. The molecule has 2 N–H and O–H groups in total. The fraction of sp³-hybridized carbons (Fsp3) is 1.00. The predicted octanol–water partition coefficient (Wildman–Crippen LogP) is 2.87. The van der Waals surface area contributed by atoms with E-state index in [0.29, 0.717) is 11.5 Å². The Bertz CT molecular complexity index is 141.